The zero-order valence-corrected chi connectivity index (χ0v) is 14.1. The van der Waals surface area contributed by atoms with E-state index in [1.54, 1.807) is 41.4 Å². The minimum atomic E-state index is -0.528. The van der Waals surface area contributed by atoms with Gasteiger partial charge < -0.3 is 15.5 Å². The van der Waals surface area contributed by atoms with Gasteiger partial charge in [0, 0.05) is 44.0 Å². The number of primary amides is 1. The van der Waals surface area contributed by atoms with Crippen LogP contribution in [0.3, 0.4) is 0 Å². The number of pyridine rings is 1. The molecule has 0 atom stereocenters. The van der Waals surface area contributed by atoms with Crippen molar-refractivity contribution in [2.24, 2.45) is 5.73 Å². The van der Waals surface area contributed by atoms with Crippen molar-refractivity contribution in [2.45, 2.75) is 0 Å². The van der Waals surface area contributed by atoms with E-state index in [0.717, 1.165) is 0 Å². The number of piperazine rings is 1. The molecule has 1 aromatic carbocycles. The average molecular weight is 354 g/mol. The number of benzene rings is 1. The fraction of sp³-hybridized carbons (Fsp3) is 0.211. The maximum Gasteiger partial charge on any atom is 0.252 e. The van der Waals surface area contributed by atoms with E-state index >= 15 is 0 Å². The number of halogens is 1. The highest BCUT2D eigenvalue weighted by Crippen LogP contribution is 2.18. The summed E-state index contributed by atoms with van der Waals surface area (Å²) in [6, 6.07) is 9.59. The zero-order chi connectivity index (χ0) is 18.5. The van der Waals surface area contributed by atoms with Crippen LogP contribution < -0.4 is 10.6 Å². The Morgan fingerprint density at radius 3 is 2.50 bits per heavy atom. The maximum absolute atomic E-state index is 13.6. The third kappa shape index (κ3) is 3.88. The van der Waals surface area contributed by atoms with Crippen molar-refractivity contribution in [3.05, 3.63) is 65.6 Å². The summed E-state index contributed by atoms with van der Waals surface area (Å²) in [5.74, 6) is -0.534. The van der Waals surface area contributed by atoms with Crippen molar-refractivity contribution < 1.29 is 14.0 Å². The molecule has 1 fully saturated rings. The van der Waals surface area contributed by atoms with Gasteiger partial charge >= 0.3 is 0 Å². The average Bonchev–Trinajstić information content (AvgIpc) is 2.67. The van der Waals surface area contributed by atoms with E-state index in [2.05, 4.69) is 4.98 Å². The summed E-state index contributed by atoms with van der Waals surface area (Å²) in [6.07, 6.45) is 4.47. The van der Waals surface area contributed by atoms with Gasteiger partial charge in [-0.05, 0) is 24.3 Å². The number of anilines is 1. The summed E-state index contributed by atoms with van der Waals surface area (Å²) in [6.45, 7) is 2.04. The molecule has 0 radical (unpaired) electrons. The van der Waals surface area contributed by atoms with Crippen LogP contribution in [0.2, 0.25) is 0 Å². The Kier molecular flexibility index (Phi) is 5.26. The van der Waals surface area contributed by atoms with Gasteiger partial charge in [0.15, 0.2) is 0 Å². The molecule has 2 heterocycles. The third-order valence-electron chi connectivity index (χ3n) is 4.25. The highest BCUT2D eigenvalue weighted by Gasteiger charge is 2.23. The molecule has 2 amide bonds. The van der Waals surface area contributed by atoms with Crippen molar-refractivity contribution in [3.8, 4) is 0 Å². The Balaban J connectivity index is 1.63. The van der Waals surface area contributed by atoms with Gasteiger partial charge in [0.2, 0.25) is 5.91 Å². The predicted octanol–water partition coefficient (Wildman–Crippen LogP) is 1.68. The van der Waals surface area contributed by atoms with Gasteiger partial charge in [-0.2, -0.15) is 0 Å². The monoisotopic (exact) mass is 354 g/mol. The minimum Gasteiger partial charge on any atom is -0.365 e. The van der Waals surface area contributed by atoms with Gasteiger partial charge in [0.1, 0.15) is 11.6 Å². The van der Waals surface area contributed by atoms with E-state index in [1.165, 1.54) is 18.2 Å². The summed E-state index contributed by atoms with van der Waals surface area (Å²) < 4.78 is 13.6. The predicted molar refractivity (Wildman–Crippen MR) is 97.0 cm³/mol. The van der Waals surface area contributed by atoms with E-state index in [0.29, 0.717) is 43.1 Å². The molecule has 3 rings (SSSR count). The smallest absolute Gasteiger partial charge is 0.252 e. The SMILES string of the molecule is NC(=O)c1cccnc1N1CCN(C(=O)/C=C\c2ccccc2F)CC1. The molecule has 1 aliphatic heterocycles. The maximum atomic E-state index is 13.6. The fourth-order valence-corrected chi connectivity index (χ4v) is 2.86. The fourth-order valence-electron chi connectivity index (χ4n) is 2.86. The second kappa shape index (κ2) is 7.77. The van der Waals surface area contributed by atoms with Crippen molar-refractivity contribution in [2.75, 3.05) is 31.1 Å². The van der Waals surface area contributed by atoms with Crippen LogP contribution in [0.5, 0.6) is 0 Å². The molecule has 0 unspecified atom stereocenters. The lowest BCUT2D eigenvalue weighted by molar-refractivity contribution is -0.126. The van der Waals surface area contributed by atoms with Gasteiger partial charge in [-0.15, -0.1) is 0 Å². The van der Waals surface area contributed by atoms with Crippen LogP contribution in [0.25, 0.3) is 6.08 Å². The van der Waals surface area contributed by atoms with Crippen LogP contribution in [0.15, 0.2) is 48.7 Å². The van der Waals surface area contributed by atoms with Gasteiger partial charge in [0.25, 0.3) is 5.91 Å². The minimum absolute atomic E-state index is 0.177. The van der Waals surface area contributed by atoms with Crippen LogP contribution >= 0.6 is 0 Å². The van der Waals surface area contributed by atoms with E-state index in [-0.39, 0.29) is 11.7 Å². The molecule has 134 valence electrons. The molecule has 0 saturated carbocycles. The number of aromatic nitrogens is 1. The lowest BCUT2D eigenvalue weighted by atomic mass is 10.2. The van der Waals surface area contributed by atoms with Crippen LogP contribution in [0.4, 0.5) is 10.2 Å². The number of rotatable bonds is 4. The first-order valence-electron chi connectivity index (χ1n) is 8.27. The molecule has 0 bridgehead atoms. The van der Waals surface area contributed by atoms with Crippen LogP contribution in [-0.2, 0) is 4.79 Å². The van der Waals surface area contributed by atoms with Crippen molar-refractivity contribution >= 4 is 23.7 Å². The van der Waals surface area contributed by atoms with Crippen LogP contribution in [-0.4, -0.2) is 47.9 Å². The van der Waals surface area contributed by atoms with Crippen molar-refractivity contribution in [1.29, 1.82) is 0 Å². The van der Waals surface area contributed by atoms with Gasteiger partial charge in [-0.3, -0.25) is 9.59 Å². The second-order valence-electron chi connectivity index (χ2n) is 5.91. The Morgan fingerprint density at radius 1 is 1.08 bits per heavy atom. The number of nitrogens with zero attached hydrogens (tertiary/aromatic N) is 3. The topological polar surface area (TPSA) is 79.5 Å². The van der Waals surface area contributed by atoms with Crippen molar-refractivity contribution in [3.63, 3.8) is 0 Å². The largest absolute Gasteiger partial charge is 0.365 e. The van der Waals surface area contributed by atoms with Crippen LogP contribution in [0, 0.1) is 5.82 Å². The van der Waals surface area contributed by atoms with Gasteiger partial charge in [-0.1, -0.05) is 18.2 Å². The van der Waals surface area contributed by atoms with E-state index in [1.807, 2.05) is 4.90 Å². The summed E-state index contributed by atoms with van der Waals surface area (Å²) in [7, 11) is 0. The first kappa shape index (κ1) is 17.6. The van der Waals surface area contributed by atoms with Gasteiger partial charge in [0.05, 0.1) is 5.56 Å². The number of hydrogen-bond acceptors (Lipinski definition) is 4. The third-order valence-corrected chi connectivity index (χ3v) is 4.25. The summed E-state index contributed by atoms with van der Waals surface area (Å²) in [5.41, 5.74) is 6.14. The number of carbonyl (C=O) groups is 2. The second-order valence-corrected chi connectivity index (χ2v) is 5.91. The summed E-state index contributed by atoms with van der Waals surface area (Å²) >= 11 is 0. The molecule has 0 aliphatic carbocycles. The Labute approximate surface area is 150 Å². The van der Waals surface area contributed by atoms with Crippen LogP contribution in [0.1, 0.15) is 15.9 Å². The number of hydrogen-bond donors (Lipinski definition) is 1. The zero-order valence-electron chi connectivity index (χ0n) is 14.1. The highest BCUT2D eigenvalue weighted by molar-refractivity contribution is 5.97. The molecule has 0 spiro atoms. The molecule has 2 N–H and O–H groups in total. The quantitative estimate of drug-likeness (QED) is 0.848. The molecule has 26 heavy (non-hydrogen) atoms. The molecule has 7 heteroatoms. The Hall–Kier alpha value is -3.22. The summed E-state index contributed by atoms with van der Waals surface area (Å²) in [4.78, 5) is 31.7. The number of carbonyl (C=O) groups excluding carboxylic acids is 2. The van der Waals surface area contributed by atoms with E-state index < -0.39 is 5.91 Å². The lowest BCUT2D eigenvalue weighted by Crippen LogP contribution is -2.49. The Bertz CT molecular complexity index is 845. The van der Waals surface area contributed by atoms with E-state index in [4.69, 9.17) is 5.73 Å². The molecule has 2 aromatic rings. The number of amides is 2. The highest BCUT2D eigenvalue weighted by atomic mass is 19.1. The molecule has 1 aliphatic rings. The molecule has 6 nitrogen and oxygen atoms in total. The van der Waals surface area contributed by atoms with Crippen molar-refractivity contribution in [1.82, 2.24) is 9.88 Å². The first-order valence-corrected chi connectivity index (χ1v) is 8.27. The first-order chi connectivity index (χ1) is 12.6. The van der Waals surface area contributed by atoms with Gasteiger partial charge in [-0.25, -0.2) is 9.37 Å². The molecular weight excluding hydrogens is 335 g/mol. The lowest BCUT2D eigenvalue weighted by Gasteiger charge is -2.35. The molecule has 1 aromatic heterocycles. The molecular formula is C19H19FN4O2. The van der Waals surface area contributed by atoms with E-state index in [9.17, 15) is 14.0 Å². The summed E-state index contributed by atoms with van der Waals surface area (Å²) in [5, 5.41) is 0. The number of nitrogens with two attached hydrogens (primary N) is 1. The molecule has 1 saturated heterocycles. The Morgan fingerprint density at radius 2 is 1.81 bits per heavy atom. The standard InChI is InChI=1S/C19H19FN4O2/c20-16-6-2-1-4-14(16)7-8-17(25)23-10-12-24(13-11-23)19-15(18(21)26)5-3-9-22-19/h1-9H,10-13H2,(H2,21,26)/b8-7-. The normalized spacial score (nSPS) is 14.7.